The van der Waals surface area contributed by atoms with Crippen molar-refractivity contribution in [2.24, 2.45) is 10.7 Å². The van der Waals surface area contributed by atoms with Crippen LogP contribution in [0.5, 0.6) is 0 Å². The van der Waals surface area contributed by atoms with Gasteiger partial charge in [-0.05, 0) is 38.8 Å². The van der Waals surface area contributed by atoms with Crippen molar-refractivity contribution in [2.75, 3.05) is 6.54 Å². The van der Waals surface area contributed by atoms with Crippen molar-refractivity contribution in [2.45, 2.75) is 34.1 Å². The molecule has 0 aromatic heterocycles. The molecule has 0 fully saturated rings. The third kappa shape index (κ3) is 5.89. The van der Waals surface area contributed by atoms with Gasteiger partial charge < -0.3 is 5.73 Å². The highest BCUT2D eigenvalue weighted by atomic mass is 14.7. The standard InChI is InChI=1S/C13H22N2/c1-6-12(8-13(14)7-2)11(5)15-9-10(3)4/h6,8H,3,7,9,14H2,1-2,4-5H3/b12-6-,13-8+,15-11-. The van der Waals surface area contributed by atoms with E-state index in [9.17, 15) is 0 Å². The van der Waals surface area contributed by atoms with Gasteiger partial charge in [-0.1, -0.05) is 25.2 Å². The van der Waals surface area contributed by atoms with Crippen molar-refractivity contribution < 1.29 is 0 Å². The predicted molar refractivity (Wildman–Crippen MR) is 69.1 cm³/mol. The van der Waals surface area contributed by atoms with Crippen LogP contribution in [0, 0.1) is 0 Å². The van der Waals surface area contributed by atoms with Gasteiger partial charge in [-0.3, -0.25) is 4.99 Å². The predicted octanol–water partition coefficient (Wildman–Crippen LogP) is 3.22. The van der Waals surface area contributed by atoms with Gasteiger partial charge in [0.25, 0.3) is 0 Å². The third-order valence-electron chi connectivity index (χ3n) is 2.06. The van der Waals surface area contributed by atoms with Gasteiger partial charge in [0.2, 0.25) is 0 Å². The molecule has 0 aliphatic heterocycles. The van der Waals surface area contributed by atoms with E-state index in [0.717, 1.165) is 29.0 Å². The van der Waals surface area contributed by atoms with Crippen molar-refractivity contribution in [3.05, 3.63) is 35.6 Å². The first kappa shape index (κ1) is 13.7. The molecule has 0 unspecified atom stereocenters. The summed E-state index contributed by atoms with van der Waals surface area (Å²) in [4.78, 5) is 4.43. The van der Waals surface area contributed by atoms with Crippen LogP contribution in [-0.2, 0) is 0 Å². The van der Waals surface area contributed by atoms with Gasteiger partial charge in [-0.2, -0.15) is 0 Å². The van der Waals surface area contributed by atoms with Gasteiger partial charge in [0.15, 0.2) is 0 Å². The Kier molecular flexibility index (Phi) is 6.43. The minimum atomic E-state index is 0.684. The summed E-state index contributed by atoms with van der Waals surface area (Å²) < 4.78 is 0. The molecule has 0 rings (SSSR count). The smallest absolute Gasteiger partial charge is 0.0597 e. The Labute approximate surface area is 93.3 Å². The molecule has 15 heavy (non-hydrogen) atoms. The van der Waals surface area contributed by atoms with Crippen molar-refractivity contribution in [3.8, 4) is 0 Å². The fraction of sp³-hybridized carbons (Fsp3) is 0.462. The number of rotatable bonds is 5. The zero-order valence-electron chi connectivity index (χ0n) is 10.3. The number of allylic oxidation sites excluding steroid dienone is 4. The molecule has 0 saturated carbocycles. The molecule has 2 N–H and O–H groups in total. The van der Waals surface area contributed by atoms with Crippen LogP contribution in [0.2, 0.25) is 0 Å². The van der Waals surface area contributed by atoms with E-state index in [1.54, 1.807) is 0 Å². The van der Waals surface area contributed by atoms with E-state index in [1.165, 1.54) is 0 Å². The molecule has 0 aromatic rings. The Hall–Kier alpha value is -1.31. The lowest BCUT2D eigenvalue weighted by Crippen LogP contribution is -2.02. The first-order valence-corrected chi connectivity index (χ1v) is 5.29. The van der Waals surface area contributed by atoms with Crippen molar-refractivity contribution in [1.29, 1.82) is 0 Å². The summed E-state index contributed by atoms with van der Waals surface area (Å²) in [5.41, 5.74) is 9.84. The summed E-state index contributed by atoms with van der Waals surface area (Å²) in [7, 11) is 0. The highest BCUT2D eigenvalue weighted by Crippen LogP contribution is 2.05. The van der Waals surface area contributed by atoms with Crippen LogP contribution >= 0.6 is 0 Å². The highest BCUT2D eigenvalue weighted by Gasteiger charge is 1.97. The molecule has 0 radical (unpaired) electrons. The summed E-state index contributed by atoms with van der Waals surface area (Å²) in [6, 6.07) is 0. The molecular weight excluding hydrogens is 184 g/mol. The third-order valence-corrected chi connectivity index (χ3v) is 2.06. The van der Waals surface area contributed by atoms with Crippen LogP contribution in [0.3, 0.4) is 0 Å². The average molecular weight is 206 g/mol. The lowest BCUT2D eigenvalue weighted by molar-refractivity contribution is 1.06. The van der Waals surface area contributed by atoms with E-state index < -0.39 is 0 Å². The largest absolute Gasteiger partial charge is 0.402 e. The second-order valence-corrected chi connectivity index (χ2v) is 3.68. The minimum Gasteiger partial charge on any atom is -0.402 e. The molecular formula is C13H22N2. The SMILES string of the molecule is C=C(C)C\N=C(C)/C(=C\C)/C=C(/N)CC. The highest BCUT2D eigenvalue weighted by molar-refractivity contribution is 6.00. The summed E-state index contributed by atoms with van der Waals surface area (Å²) in [5.74, 6) is 0. The van der Waals surface area contributed by atoms with E-state index in [2.05, 4.69) is 11.6 Å². The van der Waals surface area contributed by atoms with Crippen LogP contribution in [-0.4, -0.2) is 12.3 Å². The first-order valence-electron chi connectivity index (χ1n) is 5.29. The van der Waals surface area contributed by atoms with Gasteiger partial charge in [-0.15, -0.1) is 0 Å². The Morgan fingerprint density at radius 2 is 2.00 bits per heavy atom. The van der Waals surface area contributed by atoms with E-state index in [4.69, 9.17) is 5.73 Å². The van der Waals surface area contributed by atoms with Crippen LogP contribution in [0.4, 0.5) is 0 Å². The fourth-order valence-electron chi connectivity index (χ4n) is 1.04. The van der Waals surface area contributed by atoms with Crippen LogP contribution in [0.15, 0.2) is 40.6 Å². The number of nitrogens with two attached hydrogens (primary N) is 1. The first-order chi connectivity index (χ1) is 7.01. The quantitative estimate of drug-likeness (QED) is 0.418. The van der Waals surface area contributed by atoms with E-state index >= 15 is 0 Å². The van der Waals surface area contributed by atoms with Gasteiger partial charge in [-0.25, -0.2) is 0 Å². The van der Waals surface area contributed by atoms with E-state index in [-0.39, 0.29) is 0 Å². The second kappa shape index (κ2) is 7.04. The van der Waals surface area contributed by atoms with E-state index in [1.807, 2.05) is 39.8 Å². The molecule has 0 aliphatic carbocycles. The Morgan fingerprint density at radius 3 is 2.40 bits per heavy atom. The Morgan fingerprint density at radius 1 is 1.40 bits per heavy atom. The number of hydrogen-bond acceptors (Lipinski definition) is 2. The zero-order valence-corrected chi connectivity index (χ0v) is 10.3. The van der Waals surface area contributed by atoms with Crippen LogP contribution in [0.1, 0.15) is 34.1 Å². The van der Waals surface area contributed by atoms with Gasteiger partial charge in [0.1, 0.15) is 0 Å². The van der Waals surface area contributed by atoms with Crippen LogP contribution in [0.25, 0.3) is 0 Å². The Bertz CT molecular complexity index is 306. The van der Waals surface area contributed by atoms with Gasteiger partial charge in [0, 0.05) is 11.4 Å². The maximum Gasteiger partial charge on any atom is 0.0597 e. The molecule has 0 bridgehead atoms. The zero-order chi connectivity index (χ0) is 11.8. The lowest BCUT2D eigenvalue weighted by atomic mass is 10.1. The molecule has 0 heterocycles. The maximum absolute atomic E-state index is 5.79. The molecule has 0 atom stereocenters. The van der Waals surface area contributed by atoms with Crippen LogP contribution < -0.4 is 5.73 Å². The number of aliphatic imine (C=N–C) groups is 1. The Balaban J connectivity index is 4.70. The number of hydrogen-bond donors (Lipinski definition) is 1. The van der Waals surface area contributed by atoms with Crippen molar-refractivity contribution in [3.63, 3.8) is 0 Å². The fourth-order valence-corrected chi connectivity index (χ4v) is 1.04. The average Bonchev–Trinajstić information content (AvgIpc) is 2.21. The summed E-state index contributed by atoms with van der Waals surface area (Å²) >= 11 is 0. The van der Waals surface area contributed by atoms with Crippen molar-refractivity contribution >= 4 is 5.71 Å². The second-order valence-electron chi connectivity index (χ2n) is 3.68. The molecule has 0 amide bonds. The number of nitrogens with zero attached hydrogens (tertiary/aromatic N) is 1. The van der Waals surface area contributed by atoms with E-state index in [0.29, 0.717) is 6.54 Å². The summed E-state index contributed by atoms with van der Waals surface area (Å²) in [5, 5.41) is 0. The maximum atomic E-state index is 5.79. The normalized spacial score (nSPS) is 14.3. The monoisotopic (exact) mass is 206 g/mol. The molecule has 0 saturated heterocycles. The molecule has 84 valence electrons. The lowest BCUT2D eigenvalue weighted by Gasteiger charge is -2.03. The minimum absolute atomic E-state index is 0.684. The summed E-state index contributed by atoms with van der Waals surface area (Å²) in [6.45, 7) is 12.5. The molecule has 2 heteroatoms. The van der Waals surface area contributed by atoms with Gasteiger partial charge >= 0.3 is 0 Å². The molecule has 2 nitrogen and oxygen atoms in total. The molecule has 0 spiro atoms. The van der Waals surface area contributed by atoms with Crippen molar-refractivity contribution in [1.82, 2.24) is 0 Å². The summed E-state index contributed by atoms with van der Waals surface area (Å²) in [6.07, 6.45) is 4.88. The topological polar surface area (TPSA) is 38.4 Å². The molecule has 0 aliphatic rings. The van der Waals surface area contributed by atoms with Gasteiger partial charge in [0.05, 0.1) is 6.54 Å². The molecule has 0 aromatic carbocycles.